The number of H-pyrrole nitrogens is 1. The average Bonchev–Trinajstić information content (AvgIpc) is 3.22. The van der Waals surface area contributed by atoms with Gasteiger partial charge in [-0.3, -0.25) is 9.59 Å². The molecule has 6 nitrogen and oxygen atoms in total. The van der Waals surface area contributed by atoms with Gasteiger partial charge in [0.25, 0.3) is 11.8 Å². The van der Waals surface area contributed by atoms with E-state index in [9.17, 15) is 14.0 Å². The van der Waals surface area contributed by atoms with Gasteiger partial charge in [-0.05, 0) is 59.7 Å². The minimum atomic E-state index is -0.422. The van der Waals surface area contributed by atoms with Crippen LogP contribution >= 0.6 is 15.9 Å². The van der Waals surface area contributed by atoms with Crippen molar-refractivity contribution in [2.45, 2.75) is 27.2 Å². The van der Waals surface area contributed by atoms with E-state index in [1.807, 2.05) is 11.8 Å². The van der Waals surface area contributed by atoms with Gasteiger partial charge < -0.3 is 20.1 Å². The SMILES string of the molecule is CCN(CC)CCN1CCc2[nH]c(C=C3C(=O)Nc4c(Br)cc(F)cc43)c(C)c2C1=O. The van der Waals surface area contributed by atoms with Crippen molar-refractivity contribution in [2.75, 3.05) is 38.0 Å². The first-order valence-electron chi connectivity index (χ1n) is 10.6. The molecule has 2 aliphatic heterocycles. The molecule has 2 N–H and O–H groups in total. The Hall–Kier alpha value is -2.45. The fraction of sp³-hybridized carbons (Fsp3) is 0.391. The van der Waals surface area contributed by atoms with E-state index in [2.05, 4.69) is 45.0 Å². The van der Waals surface area contributed by atoms with Gasteiger partial charge in [0.1, 0.15) is 5.82 Å². The van der Waals surface area contributed by atoms with Crippen LogP contribution in [0.1, 0.15) is 46.7 Å². The highest BCUT2D eigenvalue weighted by atomic mass is 79.9. The number of carbonyl (C=O) groups excluding carboxylic acids is 2. The number of hydrogen-bond donors (Lipinski definition) is 2. The Kier molecular flexibility index (Phi) is 6.03. The minimum absolute atomic E-state index is 0.0249. The van der Waals surface area contributed by atoms with E-state index < -0.39 is 5.82 Å². The van der Waals surface area contributed by atoms with E-state index in [-0.39, 0.29) is 11.8 Å². The fourth-order valence-electron chi connectivity index (χ4n) is 4.33. The van der Waals surface area contributed by atoms with Crippen molar-refractivity contribution in [1.29, 1.82) is 0 Å². The lowest BCUT2D eigenvalue weighted by molar-refractivity contribution is -0.110. The highest BCUT2D eigenvalue weighted by Gasteiger charge is 2.31. The standard InChI is InChI=1S/C23H26BrFN4O2/c1-4-28(5-2)8-9-29-7-6-18-20(23(29)31)13(3)19(26-18)12-16-15-10-14(25)11-17(24)21(15)27-22(16)30/h10-12,26H,4-9H2,1-3H3,(H,27,30). The summed E-state index contributed by atoms with van der Waals surface area (Å²) in [4.78, 5) is 33.3. The van der Waals surface area contributed by atoms with Crippen LogP contribution in [0.4, 0.5) is 10.1 Å². The molecular formula is C23H26BrFN4O2. The maximum atomic E-state index is 13.9. The number of rotatable bonds is 6. The van der Waals surface area contributed by atoms with Crippen LogP contribution in [0.2, 0.25) is 0 Å². The molecule has 0 saturated carbocycles. The van der Waals surface area contributed by atoms with Crippen LogP contribution in [-0.2, 0) is 11.2 Å². The van der Waals surface area contributed by atoms with Gasteiger partial charge in [0.15, 0.2) is 0 Å². The summed E-state index contributed by atoms with van der Waals surface area (Å²) in [7, 11) is 0. The normalized spacial score (nSPS) is 16.8. The zero-order chi connectivity index (χ0) is 22.3. The molecule has 1 aromatic heterocycles. The summed E-state index contributed by atoms with van der Waals surface area (Å²) in [5.74, 6) is -0.688. The number of nitrogens with one attached hydrogen (secondary N) is 2. The molecule has 164 valence electrons. The summed E-state index contributed by atoms with van der Waals surface area (Å²) in [6.45, 7) is 10.3. The third-order valence-corrected chi connectivity index (χ3v) is 6.82. The lowest BCUT2D eigenvalue weighted by Crippen LogP contribution is -2.42. The van der Waals surface area contributed by atoms with E-state index >= 15 is 0 Å². The number of halogens is 2. The van der Waals surface area contributed by atoms with E-state index in [0.717, 1.165) is 37.3 Å². The largest absolute Gasteiger partial charge is 0.358 e. The molecule has 0 fully saturated rings. The summed E-state index contributed by atoms with van der Waals surface area (Å²) in [5, 5.41) is 2.78. The minimum Gasteiger partial charge on any atom is -0.358 e. The Morgan fingerprint density at radius 3 is 2.71 bits per heavy atom. The Morgan fingerprint density at radius 1 is 1.26 bits per heavy atom. The summed E-state index contributed by atoms with van der Waals surface area (Å²) in [5.41, 5.74) is 4.56. The van der Waals surface area contributed by atoms with E-state index in [4.69, 9.17) is 0 Å². The Morgan fingerprint density at radius 2 is 2.00 bits per heavy atom. The Balaban J connectivity index is 1.64. The van der Waals surface area contributed by atoms with Crippen LogP contribution in [0.25, 0.3) is 11.6 Å². The molecule has 2 aromatic rings. The Labute approximate surface area is 189 Å². The van der Waals surface area contributed by atoms with Crippen LogP contribution in [0.5, 0.6) is 0 Å². The number of likely N-dealkylation sites (N-methyl/N-ethyl adjacent to an activating group) is 1. The third-order valence-electron chi connectivity index (χ3n) is 6.20. The van der Waals surface area contributed by atoms with Gasteiger partial charge >= 0.3 is 0 Å². The van der Waals surface area contributed by atoms with Crippen LogP contribution in [0.15, 0.2) is 16.6 Å². The number of fused-ring (bicyclic) bond motifs is 2. The smallest absolute Gasteiger partial charge is 0.256 e. The second-order valence-electron chi connectivity index (χ2n) is 7.91. The topological polar surface area (TPSA) is 68.4 Å². The molecule has 0 saturated heterocycles. The molecule has 3 heterocycles. The monoisotopic (exact) mass is 488 g/mol. The van der Waals surface area contributed by atoms with Gasteiger partial charge in [0.05, 0.1) is 16.8 Å². The second kappa shape index (κ2) is 8.59. The summed E-state index contributed by atoms with van der Waals surface area (Å²) < 4.78 is 14.4. The molecule has 0 atom stereocenters. The lowest BCUT2D eigenvalue weighted by Gasteiger charge is -2.29. The fourth-order valence-corrected chi connectivity index (χ4v) is 4.86. The molecule has 0 aliphatic carbocycles. The van der Waals surface area contributed by atoms with E-state index in [1.54, 1.807) is 6.08 Å². The van der Waals surface area contributed by atoms with Crippen molar-refractivity contribution in [3.05, 3.63) is 50.5 Å². The number of hydrogen-bond acceptors (Lipinski definition) is 3. The molecule has 1 aromatic carbocycles. The molecule has 0 radical (unpaired) electrons. The zero-order valence-corrected chi connectivity index (χ0v) is 19.5. The van der Waals surface area contributed by atoms with Gasteiger partial charge in [-0.15, -0.1) is 0 Å². The molecule has 8 heteroatoms. The quantitative estimate of drug-likeness (QED) is 0.602. The maximum Gasteiger partial charge on any atom is 0.256 e. The average molecular weight is 489 g/mol. The van der Waals surface area contributed by atoms with Crippen LogP contribution in [-0.4, -0.2) is 59.3 Å². The number of anilines is 1. The number of carbonyl (C=O) groups is 2. The van der Waals surface area contributed by atoms with Gasteiger partial charge in [0.2, 0.25) is 0 Å². The zero-order valence-electron chi connectivity index (χ0n) is 17.9. The number of nitrogens with zero attached hydrogens (tertiary/aromatic N) is 2. The number of amides is 2. The predicted octanol–water partition coefficient (Wildman–Crippen LogP) is 4.06. The molecule has 4 rings (SSSR count). The second-order valence-corrected chi connectivity index (χ2v) is 8.76. The first-order chi connectivity index (χ1) is 14.8. The first kappa shape index (κ1) is 21.8. The van der Waals surface area contributed by atoms with Gasteiger partial charge in [-0.1, -0.05) is 13.8 Å². The van der Waals surface area contributed by atoms with Crippen molar-refractivity contribution < 1.29 is 14.0 Å². The van der Waals surface area contributed by atoms with Crippen molar-refractivity contribution >= 4 is 45.1 Å². The lowest BCUT2D eigenvalue weighted by atomic mass is 10.0. The molecule has 0 unspecified atom stereocenters. The summed E-state index contributed by atoms with van der Waals surface area (Å²) in [6.07, 6.45) is 2.46. The van der Waals surface area contributed by atoms with Crippen molar-refractivity contribution in [1.82, 2.24) is 14.8 Å². The summed E-state index contributed by atoms with van der Waals surface area (Å²) >= 11 is 3.31. The van der Waals surface area contributed by atoms with Gasteiger partial charge in [-0.25, -0.2) is 4.39 Å². The highest BCUT2D eigenvalue weighted by Crippen LogP contribution is 2.39. The molecule has 0 spiro atoms. The Bertz CT molecular complexity index is 1090. The summed E-state index contributed by atoms with van der Waals surface area (Å²) in [6, 6.07) is 2.67. The van der Waals surface area contributed by atoms with Crippen molar-refractivity contribution in [3.8, 4) is 0 Å². The van der Waals surface area contributed by atoms with Crippen LogP contribution in [0.3, 0.4) is 0 Å². The predicted molar refractivity (Wildman–Crippen MR) is 124 cm³/mol. The number of aromatic nitrogens is 1. The van der Waals surface area contributed by atoms with Gasteiger partial charge in [0, 0.05) is 47.5 Å². The number of aromatic amines is 1. The van der Waals surface area contributed by atoms with Crippen molar-refractivity contribution in [2.24, 2.45) is 0 Å². The maximum absolute atomic E-state index is 13.9. The van der Waals surface area contributed by atoms with Crippen LogP contribution in [0, 0.1) is 12.7 Å². The molecule has 31 heavy (non-hydrogen) atoms. The molecular weight excluding hydrogens is 463 g/mol. The third kappa shape index (κ3) is 3.94. The van der Waals surface area contributed by atoms with E-state index in [0.29, 0.717) is 45.6 Å². The molecule has 2 amide bonds. The molecule has 2 aliphatic rings. The highest BCUT2D eigenvalue weighted by molar-refractivity contribution is 9.10. The van der Waals surface area contributed by atoms with Crippen LogP contribution < -0.4 is 5.32 Å². The number of benzene rings is 1. The van der Waals surface area contributed by atoms with E-state index in [1.165, 1.54) is 12.1 Å². The van der Waals surface area contributed by atoms with Gasteiger partial charge in [-0.2, -0.15) is 0 Å². The molecule has 0 bridgehead atoms. The van der Waals surface area contributed by atoms with Crippen molar-refractivity contribution in [3.63, 3.8) is 0 Å². The first-order valence-corrected chi connectivity index (χ1v) is 11.4.